The van der Waals surface area contributed by atoms with Gasteiger partial charge in [0.15, 0.2) is 5.72 Å². The van der Waals surface area contributed by atoms with Gasteiger partial charge in [-0.05, 0) is 56.9 Å². The van der Waals surface area contributed by atoms with E-state index in [4.69, 9.17) is 10.5 Å². The zero-order valence-corrected chi connectivity index (χ0v) is 31.0. The summed E-state index contributed by atoms with van der Waals surface area (Å²) in [6.07, 6.45) is 29.3. The molecule has 1 atom stereocenters. The van der Waals surface area contributed by atoms with Crippen LogP contribution in [0.3, 0.4) is 0 Å². The van der Waals surface area contributed by atoms with Crippen molar-refractivity contribution in [2.24, 2.45) is 11.7 Å². The highest BCUT2D eigenvalue weighted by Crippen LogP contribution is 2.27. The van der Waals surface area contributed by atoms with E-state index in [2.05, 4.69) is 41.8 Å². The van der Waals surface area contributed by atoms with Crippen molar-refractivity contribution in [3.63, 3.8) is 0 Å². The number of halogens is 1. The number of carbonyl (C=O) groups excluding carboxylic acids is 1. The fraction of sp³-hybridized carbons (Fsp3) is 0.821. The third kappa shape index (κ3) is 18.1. The van der Waals surface area contributed by atoms with Crippen molar-refractivity contribution < 1.29 is 26.4 Å². The second kappa shape index (κ2) is 25.0. The third-order valence-electron chi connectivity index (χ3n) is 9.80. The van der Waals surface area contributed by atoms with Crippen molar-refractivity contribution >= 4 is 5.91 Å². The maximum Gasteiger partial charge on any atom is 0.345 e. The maximum atomic E-state index is 13.9. The molecule has 0 aliphatic heterocycles. The van der Waals surface area contributed by atoms with Gasteiger partial charge in [-0.15, -0.1) is 0 Å². The van der Waals surface area contributed by atoms with Crippen LogP contribution in [0.5, 0.6) is 5.75 Å². The van der Waals surface area contributed by atoms with E-state index in [1.54, 1.807) is 0 Å². The molecule has 0 fully saturated rings. The number of benzene rings is 1. The molecule has 258 valence electrons. The highest BCUT2D eigenvalue weighted by molar-refractivity contribution is 5.89. The molecule has 1 aromatic rings. The Balaban J connectivity index is 0.0000185. The molecule has 0 bridgehead atoms. The second-order valence-electron chi connectivity index (χ2n) is 14.4. The summed E-state index contributed by atoms with van der Waals surface area (Å²) in [5, 5.41) is 0. The zero-order chi connectivity index (χ0) is 32.0. The average Bonchev–Trinajstić information content (AvgIpc) is 2.97. The summed E-state index contributed by atoms with van der Waals surface area (Å²) < 4.78 is 6.45. The Bertz CT molecular complexity index is 798. The molecule has 1 rings (SSSR count). The van der Waals surface area contributed by atoms with Gasteiger partial charge in [0.05, 0.1) is 25.7 Å². The van der Waals surface area contributed by atoms with Crippen molar-refractivity contribution in [3.8, 4) is 5.75 Å². The normalized spacial score (nSPS) is 13.2. The van der Waals surface area contributed by atoms with Gasteiger partial charge in [-0.25, -0.2) is 4.79 Å². The number of nitrogens with zero attached hydrogens (tertiary/aromatic N) is 1. The van der Waals surface area contributed by atoms with E-state index in [0.717, 1.165) is 18.4 Å². The maximum absolute atomic E-state index is 13.9. The third-order valence-corrected chi connectivity index (χ3v) is 9.80. The van der Waals surface area contributed by atoms with Gasteiger partial charge in [-0.3, -0.25) is 10.2 Å². The number of quaternary nitrogens is 1. The smallest absolute Gasteiger partial charge is 0.345 e. The Kier molecular flexibility index (Phi) is 24.4. The first kappa shape index (κ1) is 42.9. The standard InChI is InChI=1S/C39H73N2O2.ClH/c1-8-10-12-14-16-18-20-22-24-26-28-36(29-27-25-23-21-19-17-15-13-11-9-2)41(6,7)38(42)35-30-32-37(33-31-35)43-39(5,40)34(3)4;/h30-34,36H,8-29,40H2,1-7H3;1H/q+1;/p-1. The number of amides is 1. The number of hydrogen-bond donors (Lipinski definition) is 1. The minimum absolute atomic E-state index is 0. The molecule has 5 heteroatoms. The Labute approximate surface area is 280 Å². The van der Waals surface area contributed by atoms with Gasteiger partial charge in [-0.1, -0.05) is 143 Å². The first-order valence-electron chi connectivity index (χ1n) is 18.5. The van der Waals surface area contributed by atoms with Crippen molar-refractivity contribution in [3.05, 3.63) is 29.8 Å². The fourth-order valence-corrected chi connectivity index (χ4v) is 6.06. The molecule has 0 saturated carbocycles. The van der Waals surface area contributed by atoms with E-state index < -0.39 is 5.72 Å². The largest absolute Gasteiger partial charge is 1.00 e. The van der Waals surface area contributed by atoms with Crippen molar-refractivity contribution in [2.75, 3.05) is 14.1 Å². The lowest BCUT2D eigenvalue weighted by atomic mass is 9.96. The topological polar surface area (TPSA) is 52.3 Å². The molecule has 0 radical (unpaired) electrons. The summed E-state index contributed by atoms with van der Waals surface area (Å²) in [5.74, 6) is 1.10. The number of hydrogen-bond acceptors (Lipinski definition) is 3. The summed E-state index contributed by atoms with van der Waals surface area (Å²) in [6, 6.07) is 8.01. The van der Waals surface area contributed by atoms with E-state index in [-0.39, 0.29) is 24.2 Å². The fourth-order valence-electron chi connectivity index (χ4n) is 6.06. The van der Waals surface area contributed by atoms with Crippen LogP contribution in [0.25, 0.3) is 0 Å². The van der Waals surface area contributed by atoms with Crippen LogP contribution in [-0.4, -0.2) is 36.3 Å². The minimum atomic E-state index is -0.740. The molecule has 2 N–H and O–H groups in total. The number of unbranched alkanes of at least 4 members (excludes halogenated alkanes) is 18. The van der Waals surface area contributed by atoms with E-state index in [1.807, 2.05) is 31.2 Å². The average molecular weight is 637 g/mol. The molecule has 0 aliphatic rings. The first-order valence-corrected chi connectivity index (χ1v) is 18.5. The lowest BCUT2D eigenvalue weighted by Gasteiger charge is -2.36. The summed E-state index contributed by atoms with van der Waals surface area (Å²) in [7, 11) is 4.28. The highest BCUT2D eigenvalue weighted by atomic mass is 35.5. The molecule has 1 amide bonds. The number of carbonyl (C=O) groups is 1. The predicted octanol–water partition coefficient (Wildman–Crippen LogP) is 8.61. The Morgan fingerprint density at radius 3 is 1.36 bits per heavy atom. The van der Waals surface area contributed by atoms with Gasteiger partial charge in [-0.2, -0.15) is 0 Å². The zero-order valence-electron chi connectivity index (χ0n) is 30.2. The molecule has 0 aliphatic carbocycles. The monoisotopic (exact) mass is 637 g/mol. The van der Waals surface area contributed by atoms with Gasteiger partial charge >= 0.3 is 5.91 Å². The van der Waals surface area contributed by atoms with E-state index >= 15 is 0 Å². The molecular weight excluding hydrogens is 564 g/mol. The van der Waals surface area contributed by atoms with Crippen LogP contribution in [0.4, 0.5) is 0 Å². The summed E-state index contributed by atoms with van der Waals surface area (Å²) in [4.78, 5) is 13.9. The predicted molar refractivity (Wildman–Crippen MR) is 188 cm³/mol. The van der Waals surface area contributed by atoms with Gasteiger partial charge in [0, 0.05) is 5.92 Å². The first-order chi connectivity index (χ1) is 20.6. The quantitative estimate of drug-likeness (QED) is 0.0598. The lowest BCUT2D eigenvalue weighted by Crippen LogP contribution is -3.00. The molecule has 0 aromatic heterocycles. The molecule has 4 nitrogen and oxygen atoms in total. The van der Waals surface area contributed by atoms with Crippen molar-refractivity contribution in [1.82, 2.24) is 0 Å². The number of rotatable bonds is 27. The summed E-state index contributed by atoms with van der Waals surface area (Å²) in [6.45, 7) is 10.6. The van der Waals surface area contributed by atoms with E-state index in [0.29, 0.717) is 16.3 Å². The van der Waals surface area contributed by atoms with Gasteiger partial charge in [0.2, 0.25) is 0 Å². The van der Waals surface area contributed by atoms with Crippen molar-refractivity contribution in [2.45, 2.75) is 188 Å². The Morgan fingerprint density at radius 2 is 1.02 bits per heavy atom. The van der Waals surface area contributed by atoms with Crippen LogP contribution < -0.4 is 22.9 Å². The van der Waals surface area contributed by atoms with Crippen LogP contribution in [0.15, 0.2) is 24.3 Å². The molecule has 44 heavy (non-hydrogen) atoms. The van der Waals surface area contributed by atoms with Crippen LogP contribution in [0, 0.1) is 5.92 Å². The van der Waals surface area contributed by atoms with E-state index in [1.165, 1.54) is 128 Å². The number of nitrogens with two attached hydrogens (primary N) is 1. The Morgan fingerprint density at radius 1 is 0.682 bits per heavy atom. The minimum Gasteiger partial charge on any atom is -1.00 e. The van der Waals surface area contributed by atoms with Crippen LogP contribution >= 0.6 is 0 Å². The second-order valence-corrected chi connectivity index (χ2v) is 14.4. The van der Waals surface area contributed by atoms with Crippen LogP contribution in [0.2, 0.25) is 0 Å². The molecule has 0 spiro atoms. The summed E-state index contributed by atoms with van der Waals surface area (Å²) in [5.41, 5.74) is 6.35. The Hall–Kier alpha value is -1.10. The van der Waals surface area contributed by atoms with E-state index in [9.17, 15) is 4.79 Å². The van der Waals surface area contributed by atoms with Gasteiger partial charge in [0.25, 0.3) is 0 Å². The van der Waals surface area contributed by atoms with Crippen LogP contribution in [0.1, 0.15) is 186 Å². The molecular formula is C39H73ClN2O2. The number of ether oxygens (including phenoxy) is 1. The highest BCUT2D eigenvalue weighted by Gasteiger charge is 2.36. The lowest BCUT2D eigenvalue weighted by molar-refractivity contribution is -0.836. The summed E-state index contributed by atoms with van der Waals surface area (Å²) >= 11 is 0. The van der Waals surface area contributed by atoms with Crippen LogP contribution in [-0.2, 0) is 0 Å². The van der Waals surface area contributed by atoms with Crippen molar-refractivity contribution in [1.29, 1.82) is 0 Å². The van der Waals surface area contributed by atoms with Gasteiger partial charge < -0.3 is 17.1 Å². The molecule has 1 aromatic carbocycles. The molecule has 0 saturated heterocycles. The molecule has 1 unspecified atom stereocenters. The SMILES string of the molecule is CCCCCCCCCCCCC(CCCCCCCCCCCC)[N+](C)(C)C(=O)c1ccc(OC(C)(N)C(C)C)cc1.[Cl-]. The van der Waals surface area contributed by atoms with Gasteiger partial charge in [0.1, 0.15) is 5.75 Å². The molecule has 0 heterocycles.